The van der Waals surface area contributed by atoms with Gasteiger partial charge in [0.2, 0.25) is 15.9 Å². The first-order chi connectivity index (χ1) is 12.8. The summed E-state index contributed by atoms with van der Waals surface area (Å²) in [6, 6.07) is 0. The summed E-state index contributed by atoms with van der Waals surface area (Å²) in [6.45, 7) is 7.84. The molecule has 0 aromatic carbocycles. The molecule has 1 aromatic rings. The number of sulfonamides is 1. The highest BCUT2D eigenvalue weighted by Crippen LogP contribution is 2.26. The highest BCUT2D eigenvalue weighted by molar-refractivity contribution is 7.88. The Bertz CT molecular complexity index is 743. The minimum absolute atomic E-state index is 0.0271. The molecule has 0 unspecified atom stereocenters. The Kier molecular flexibility index (Phi) is 6.25. The zero-order chi connectivity index (χ0) is 19.6. The number of hydrogen-bond acceptors (Lipinski definition) is 4. The van der Waals surface area contributed by atoms with Crippen LogP contribution in [-0.4, -0.2) is 65.5 Å². The van der Waals surface area contributed by atoms with Crippen molar-refractivity contribution in [2.45, 2.75) is 52.0 Å². The van der Waals surface area contributed by atoms with Crippen LogP contribution in [0.5, 0.6) is 0 Å². The normalized spacial score (nSPS) is 21.1. The lowest BCUT2D eigenvalue weighted by atomic mass is 9.92. The molecule has 2 fully saturated rings. The third-order valence-electron chi connectivity index (χ3n) is 5.92. The van der Waals surface area contributed by atoms with E-state index in [4.69, 9.17) is 0 Å². The molecule has 1 aromatic heterocycles. The van der Waals surface area contributed by atoms with Crippen LogP contribution >= 0.6 is 0 Å². The molecule has 0 radical (unpaired) electrons. The van der Waals surface area contributed by atoms with Crippen LogP contribution in [0.1, 0.15) is 51.3 Å². The number of carbonyl (C=O) groups is 1. The number of carbonyl (C=O) groups excluding carboxylic acids is 1. The van der Waals surface area contributed by atoms with Gasteiger partial charge in [-0.2, -0.15) is 0 Å². The number of amides is 1. The molecule has 1 amide bonds. The van der Waals surface area contributed by atoms with Gasteiger partial charge < -0.3 is 9.47 Å². The fourth-order valence-electron chi connectivity index (χ4n) is 4.28. The second kappa shape index (κ2) is 8.31. The van der Waals surface area contributed by atoms with Crippen LogP contribution in [0.2, 0.25) is 0 Å². The Morgan fingerprint density at radius 3 is 2.33 bits per heavy atom. The van der Waals surface area contributed by atoms with Gasteiger partial charge in [-0.3, -0.25) is 4.79 Å². The van der Waals surface area contributed by atoms with Gasteiger partial charge in [-0.15, -0.1) is 0 Å². The van der Waals surface area contributed by atoms with Crippen molar-refractivity contribution < 1.29 is 13.2 Å². The summed E-state index contributed by atoms with van der Waals surface area (Å²) in [6.07, 6.45) is 8.48. The average Bonchev–Trinajstić information content (AvgIpc) is 3.09. The molecule has 0 spiro atoms. The van der Waals surface area contributed by atoms with Crippen LogP contribution in [0.25, 0.3) is 0 Å². The van der Waals surface area contributed by atoms with Crippen LogP contribution in [0.4, 0.5) is 0 Å². The summed E-state index contributed by atoms with van der Waals surface area (Å²) in [5.41, 5.74) is 0. The van der Waals surface area contributed by atoms with Crippen LogP contribution in [0.15, 0.2) is 12.4 Å². The molecular formula is C19H32N4O3S. The number of nitrogens with zero attached hydrogens (tertiary/aromatic N) is 4. The number of rotatable bonds is 5. The summed E-state index contributed by atoms with van der Waals surface area (Å²) < 4.78 is 27.0. The number of aromatic nitrogens is 2. The largest absolute Gasteiger partial charge is 0.342 e. The standard InChI is InChI=1S/C19H32N4O3S/c1-15(2)18-20-8-13-22(18)14-16-4-9-21(10-5-16)19(24)17-6-11-23(12-7-17)27(3,25)26/h8,13,15-17H,4-7,9-12,14H2,1-3H3. The number of likely N-dealkylation sites (tertiary alicyclic amines) is 1. The first-order valence-corrected chi connectivity index (χ1v) is 11.9. The molecule has 3 rings (SSSR count). The van der Waals surface area contributed by atoms with E-state index < -0.39 is 10.0 Å². The van der Waals surface area contributed by atoms with E-state index in [1.54, 1.807) is 0 Å². The molecule has 0 bridgehead atoms. The number of hydrogen-bond donors (Lipinski definition) is 0. The lowest BCUT2D eigenvalue weighted by Crippen LogP contribution is -2.46. The van der Waals surface area contributed by atoms with Gasteiger partial charge >= 0.3 is 0 Å². The summed E-state index contributed by atoms with van der Waals surface area (Å²) in [4.78, 5) is 19.3. The highest BCUT2D eigenvalue weighted by atomic mass is 32.2. The molecule has 2 aliphatic heterocycles. The van der Waals surface area contributed by atoms with E-state index in [0.717, 1.165) is 38.3 Å². The van der Waals surface area contributed by atoms with Gasteiger partial charge in [-0.25, -0.2) is 17.7 Å². The van der Waals surface area contributed by atoms with Gasteiger partial charge in [-0.05, 0) is 31.6 Å². The molecule has 2 saturated heterocycles. The fraction of sp³-hybridized carbons (Fsp3) is 0.789. The molecule has 0 saturated carbocycles. The van der Waals surface area contributed by atoms with E-state index in [9.17, 15) is 13.2 Å². The minimum atomic E-state index is -3.14. The second-order valence-electron chi connectivity index (χ2n) is 8.30. The Morgan fingerprint density at radius 1 is 1.15 bits per heavy atom. The van der Waals surface area contributed by atoms with E-state index in [1.807, 2.05) is 11.1 Å². The molecule has 2 aliphatic rings. The minimum Gasteiger partial charge on any atom is -0.342 e. The van der Waals surface area contributed by atoms with Gasteiger partial charge in [0, 0.05) is 57.0 Å². The predicted molar refractivity (Wildman–Crippen MR) is 105 cm³/mol. The van der Waals surface area contributed by atoms with Crippen LogP contribution in [0, 0.1) is 11.8 Å². The van der Waals surface area contributed by atoms with Gasteiger partial charge in [0.1, 0.15) is 5.82 Å². The third-order valence-corrected chi connectivity index (χ3v) is 7.22. The molecule has 7 nitrogen and oxygen atoms in total. The first-order valence-electron chi connectivity index (χ1n) is 10.0. The lowest BCUT2D eigenvalue weighted by molar-refractivity contribution is -0.138. The van der Waals surface area contributed by atoms with Crippen LogP contribution in [-0.2, 0) is 21.4 Å². The molecule has 8 heteroatoms. The monoisotopic (exact) mass is 396 g/mol. The van der Waals surface area contributed by atoms with Gasteiger partial charge in [0.15, 0.2) is 0 Å². The van der Waals surface area contributed by atoms with Crippen molar-refractivity contribution >= 4 is 15.9 Å². The van der Waals surface area contributed by atoms with Crippen molar-refractivity contribution in [3.05, 3.63) is 18.2 Å². The predicted octanol–water partition coefficient (Wildman–Crippen LogP) is 1.92. The first kappa shape index (κ1) is 20.3. The molecular weight excluding hydrogens is 364 g/mol. The van der Waals surface area contributed by atoms with Crippen molar-refractivity contribution in [3.63, 3.8) is 0 Å². The van der Waals surface area contributed by atoms with E-state index in [0.29, 0.717) is 37.8 Å². The number of imidazole rings is 1. The van der Waals surface area contributed by atoms with Crippen molar-refractivity contribution in [2.24, 2.45) is 11.8 Å². The van der Waals surface area contributed by atoms with Crippen molar-refractivity contribution in [3.8, 4) is 0 Å². The molecule has 0 aliphatic carbocycles. The Labute approximate surface area is 162 Å². The van der Waals surface area contributed by atoms with E-state index in [2.05, 4.69) is 29.6 Å². The summed E-state index contributed by atoms with van der Waals surface area (Å²) in [7, 11) is -3.14. The molecule has 152 valence electrons. The maximum absolute atomic E-state index is 12.8. The van der Waals surface area contributed by atoms with E-state index in [-0.39, 0.29) is 11.8 Å². The summed E-state index contributed by atoms with van der Waals surface area (Å²) in [5, 5.41) is 0. The smallest absolute Gasteiger partial charge is 0.225 e. The third kappa shape index (κ3) is 4.90. The quantitative estimate of drug-likeness (QED) is 0.762. The van der Waals surface area contributed by atoms with Crippen molar-refractivity contribution in [1.29, 1.82) is 0 Å². The maximum atomic E-state index is 12.8. The molecule has 0 atom stereocenters. The van der Waals surface area contributed by atoms with Gasteiger partial charge in [0.25, 0.3) is 0 Å². The van der Waals surface area contributed by atoms with E-state index >= 15 is 0 Å². The Morgan fingerprint density at radius 2 is 1.78 bits per heavy atom. The Hall–Kier alpha value is -1.41. The number of piperidine rings is 2. The second-order valence-corrected chi connectivity index (χ2v) is 10.3. The summed E-state index contributed by atoms with van der Waals surface area (Å²) in [5.74, 6) is 2.31. The van der Waals surface area contributed by atoms with Crippen LogP contribution < -0.4 is 0 Å². The fourth-order valence-corrected chi connectivity index (χ4v) is 5.16. The lowest BCUT2D eigenvalue weighted by Gasteiger charge is -2.37. The van der Waals surface area contributed by atoms with Crippen molar-refractivity contribution in [2.75, 3.05) is 32.4 Å². The van der Waals surface area contributed by atoms with Crippen LogP contribution in [0.3, 0.4) is 0 Å². The molecule has 0 N–H and O–H groups in total. The SMILES string of the molecule is CC(C)c1nccn1CC1CCN(C(=O)C2CCN(S(C)(=O)=O)CC2)CC1. The summed E-state index contributed by atoms with van der Waals surface area (Å²) >= 11 is 0. The van der Waals surface area contributed by atoms with Crippen molar-refractivity contribution in [1.82, 2.24) is 18.8 Å². The highest BCUT2D eigenvalue weighted by Gasteiger charge is 2.33. The zero-order valence-corrected chi connectivity index (χ0v) is 17.5. The average molecular weight is 397 g/mol. The molecule has 3 heterocycles. The van der Waals surface area contributed by atoms with E-state index in [1.165, 1.54) is 10.6 Å². The van der Waals surface area contributed by atoms with Gasteiger partial charge in [-0.1, -0.05) is 13.8 Å². The maximum Gasteiger partial charge on any atom is 0.225 e. The molecule has 27 heavy (non-hydrogen) atoms. The topological polar surface area (TPSA) is 75.5 Å². The zero-order valence-electron chi connectivity index (χ0n) is 16.7. The van der Waals surface area contributed by atoms with Gasteiger partial charge in [0.05, 0.1) is 6.26 Å². The Balaban J connectivity index is 1.48.